The summed E-state index contributed by atoms with van der Waals surface area (Å²) in [4.78, 5) is 9.28. The Morgan fingerprint density at radius 1 is 1.28 bits per heavy atom. The molecule has 1 aromatic heterocycles. The molecule has 1 atom stereocenters. The van der Waals surface area contributed by atoms with E-state index in [0.29, 0.717) is 5.25 Å². The van der Waals surface area contributed by atoms with Gasteiger partial charge < -0.3 is 5.32 Å². The van der Waals surface area contributed by atoms with E-state index in [1.165, 1.54) is 0 Å². The summed E-state index contributed by atoms with van der Waals surface area (Å²) in [6, 6.07) is 2.05. The van der Waals surface area contributed by atoms with Crippen LogP contribution in [0.5, 0.6) is 0 Å². The summed E-state index contributed by atoms with van der Waals surface area (Å²) in [6.45, 7) is 13.8. The largest absolute Gasteiger partial charge is 0.370 e. The molecule has 0 aliphatic carbocycles. The zero-order chi connectivity index (χ0) is 13.8. The molecule has 0 spiro atoms. The van der Waals surface area contributed by atoms with Crippen LogP contribution in [0.15, 0.2) is 11.1 Å². The van der Waals surface area contributed by atoms with Gasteiger partial charge in [-0.3, -0.25) is 0 Å². The fourth-order valence-corrected chi connectivity index (χ4v) is 2.28. The van der Waals surface area contributed by atoms with E-state index in [1.54, 1.807) is 0 Å². The fourth-order valence-electron chi connectivity index (χ4n) is 1.38. The summed E-state index contributed by atoms with van der Waals surface area (Å²) in [7, 11) is 0. The number of nitrogens with zero attached hydrogens (tertiary/aromatic N) is 2. The van der Waals surface area contributed by atoms with Gasteiger partial charge in [0, 0.05) is 23.3 Å². The Balaban J connectivity index is 3.06. The minimum absolute atomic E-state index is 0.0177. The van der Waals surface area contributed by atoms with Gasteiger partial charge in [-0.2, -0.15) is 0 Å². The first kappa shape index (κ1) is 15.3. The first-order valence-corrected chi connectivity index (χ1v) is 7.54. The summed E-state index contributed by atoms with van der Waals surface area (Å²) in [5.41, 5.74) is -0.0177. The summed E-state index contributed by atoms with van der Waals surface area (Å²) in [6.07, 6.45) is 1.15. The summed E-state index contributed by atoms with van der Waals surface area (Å²) in [5.74, 6) is 1.84. The van der Waals surface area contributed by atoms with E-state index < -0.39 is 0 Å². The van der Waals surface area contributed by atoms with E-state index in [4.69, 9.17) is 0 Å². The van der Waals surface area contributed by atoms with E-state index in [9.17, 15) is 0 Å². The van der Waals surface area contributed by atoms with Crippen molar-refractivity contribution >= 4 is 17.6 Å². The van der Waals surface area contributed by atoms with Crippen LogP contribution in [0.3, 0.4) is 0 Å². The van der Waals surface area contributed by atoms with Crippen LogP contribution in [0.1, 0.15) is 53.8 Å². The van der Waals surface area contributed by atoms with Crippen LogP contribution in [0.25, 0.3) is 0 Å². The predicted octanol–water partition coefficient (Wildman–Crippen LogP) is 4.10. The van der Waals surface area contributed by atoms with E-state index in [1.807, 2.05) is 11.8 Å². The van der Waals surface area contributed by atoms with Gasteiger partial charge in [0.1, 0.15) is 16.7 Å². The van der Waals surface area contributed by atoms with E-state index in [0.717, 1.165) is 29.6 Å². The van der Waals surface area contributed by atoms with Gasteiger partial charge in [0.25, 0.3) is 0 Å². The van der Waals surface area contributed by atoms with Crippen molar-refractivity contribution in [2.24, 2.45) is 0 Å². The van der Waals surface area contributed by atoms with Crippen molar-refractivity contribution in [1.29, 1.82) is 0 Å². The number of anilines is 1. The smallest absolute Gasteiger partial charge is 0.137 e. The third kappa shape index (κ3) is 4.48. The van der Waals surface area contributed by atoms with Crippen molar-refractivity contribution in [2.45, 2.75) is 63.7 Å². The van der Waals surface area contributed by atoms with Crippen LogP contribution in [-0.2, 0) is 5.41 Å². The highest BCUT2D eigenvalue weighted by Gasteiger charge is 2.19. The van der Waals surface area contributed by atoms with E-state index in [-0.39, 0.29) is 5.41 Å². The molecule has 0 fully saturated rings. The minimum atomic E-state index is -0.0177. The molecule has 0 bridgehead atoms. The monoisotopic (exact) mass is 267 g/mol. The highest BCUT2D eigenvalue weighted by molar-refractivity contribution is 7.99. The molecular weight excluding hydrogens is 242 g/mol. The molecule has 1 rings (SSSR count). The number of hydrogen-bond acceptors (Lipinski definition) is 4. The molecule has 18 heavy (non-hydrogen) atoms. The molecule has 3 nitrogen and oxygen atoms in total. The predicted molar refractivity (Wildman–Crippen MR) is 80.5 cm³/mol. The zero-order valence-electron chi connectivity index (χ0n) is 12.4. The first-order valence-electron chi connectivity index (χ1n) is 6.66. The van der Waals surface area contributed by atoms with E-state index >= 15 is 0 Å². The molecule has 102 valence electrons. The van der Waals surface area contributed by atoms with Crippen molar-refractivity contribution in [3.8, 4) is 0 Å². The average Bonchev–Trinajstić information content (AvgIpc) is 2.27. The summed E-state index contributed by atoms with van der Waals surface area (Å²) >= 11 is 1.82. The number of hydrogen-bond donors (Lipinski definition) is 1. The maximum Gasteiger partial charge on any atom is 0.137 e. The maximum atomic E-state index is 4.69. The van der Waals surface area contributed by atoms with Gasteiger partial charge in [0.05, 0.1) is 0 Å². The summed E-state index contributed by atoms with van der Waals surface area (Å²) < 4.78 is 0. The quantitative estimate of drug-likeness (QED) is 0.644. The van der Waals surface area contributed by atoms with Crippen molar-refractivity contribution in [3.05, 3.63) is 11.9 Å². The topological polar surface area (TPSA) is 37.8 Å². The molecule has 0 saturated heterocycles. The van der Waals surface area contributed by atoms with Crippen molar-refractivity contribution in [1.82, 2.24) is 9.97 Å². The SMILES string of the molecule is CCNc1cc(SC(C)CC)nc(C(C)(C)C)n1. The normalized spacial score (nSPS) is 13.4. The third-order valence-electron chi connectivity index (χ3n) is 2.63. The molecule has 0 amide bonds. The number of nitrogens with one attached hydrogen (secondary N) is 1. The average molecular weight is 267 g/mol. The highest BCUT2D eigenvalue weighted by Crippen LogP contribution is 2.28. The molecule has 0 saturated carbocycles. The fraction of sp³-hybridized carbons (Fsp3) is 0.714. The second-order valence-corrected chi connectivity index (χ2v) is 6.99. The minimum Gasteiger partial charge on any atom is -0.370 e. The van der Waals surface area contributed by atoms with Crippen LogP contribution in [-0.4, -0.2) is 21.8 Å². The first-order chi connectivity index (χ1) is 8.36. The van der Waals surface area contributed by atoms with Crippen molar-refractivity contribution in [2.75, 3.05) is 11.9 Å². The Hall–Kier alpha value is -0.770. The molecular formula is C14H25N3S. The van der Waals surface area contributed by atoms with Gasteiger partial charge in [0.15, 0.2) is 0 Å². The van der Waals surface area contributed by atoms with Crippen LogP contribution in [0, 0.1) is 0 Å². The molecule has 0 aliphatic heterocycles. The summed E-state index contributed by atoms with van der Waals surface area (Å²) in [5, 5.41) is 4.94. The second kappa shape index (κ2) is 6.41. The highest BCUT2D eigenvalue weighted by atomic mass is 32.2. The number of rotatable bonds is 5. The molecule has 1 N–H and O–H groups in total. The molecule has 1 heterocycles. The lowest BCUT2D eigenvalue weighted by Gasteiger charge is -2.19. The molecule has 1 unspecified atom stereocenters. The van der Waals surface area contributed by atoms with Crippen molar-refractivity contribution in [3.63, 3.8) is 0 Å². The number of aromatic nitrogens is 2. The molecule has 1 aromatic rings. The molecule has 0 radical (unpaired) electrons. The Morgan fingerprint density at radius 2 is 1.94 bits per heavy atom. The van der Waals surface area contributed by atoms with Crippen LogP contribution in [0.4, 0.5) is 5.82 Å². The van der Waals surface area contributed by atoms with Gasteiger partial charge in [-0.1, -0.05) is 34.6 Å². The Morgan fingerprint density at radius 3 is 2.44 bits per heavy atom. The van der Waals surface area contributed by atoms with Crippen LogP contribution in [0.2, 0.25) is 0 Å². The maximum absolute atomic E-state index is 4.69. The third-order valence-corrected chi connectivity index (χ3v) is 3.81. The standard InChI is InChI=1S/C14H25N3S/c1-7-10(3)18-12-9-11(15-8-2)16-13(17-12)14(4,5)6/h9-10H,7-8H2,1-6H3,(H,15,16,17). The lowest BCUT2D eigenvalue weighted by atomic mass is 9.96. The van der Waals surface area contributed by atoms with Gasteiger partial charge >= 0.3 is 0 Å². The Labute approximate surface area is 115 Å². The Kier molecular flexibility index (Phi) is 5.45. The van der Waals surface area contributed by atoms with Gasteiger partial charge in [-0.25, -0.2) is 9.97 Å². The molecule has 4 heteroatoms. The number of thioether (sulfide) groups is 1. The van der Waals surface area contributed by atoms with Gasteiger partial charge in [-0.15, -0.1) is 11.8 Å². The van der Waals surface area contributed by atoms with E-state index in [2.05, 4.69) is 62.9 Å². The molecule has 0 aromatic carbocycles. The van der Waals surface area contributed by atoms with Gasteiger partial charge in [0.2, 0.25) is 0 Å². The van der Waals surface area contributed by atoms with Gasteiger partial charge in [-0.05, 0) is 13.3 Å². The Bertz CT molecular complexity index is 385. The van der Waals surface area contributed by atoms with Crippen LogP contribution < -0.4 is 5.32 Å². The van der Waals surface area contributed by atoms with Crippen molar-refractivity contribution < 1.29 is 0 Å². The zero-order valence-corrected chi connectivity index (χ0v) is 13.2. The van der Waals surface area contributed by atoms with Crippen LogP contribution >= 0.6 is 11.8 Å². The lowest BCUT2D eigenvalue weighted by molar-refractivity contribution is 0.539. The second-order valence-electron chi connectivity index (χ2n) is 5.53. The molecule has 0 aliphatic rings. The lowest BCUT2D eigenvalue weighted by Crippen LogP contribution is -2.18.